The van der Waals surface area contributed by atoms with Crippen molar-refractivity contribution >= 4 is 5.91 Å². The molecule has 1 aromatic rings. The van der Waals surface area contributed by atoms with Gasteiger partial charge in [-0.2, -0.15) is 13.2 Å². The molecule has 2 rings (SSSR count). The number of nitrogens with zero attached hydrogens (tertiary/aromatic N) is 1. The van der Waals surface area contributed by atoms with Crippen molar-refractivity contribution in [1.82, 2.24) is 10.2 Å². The summed E-state index contributed by atoms with van der Waals surface area (Å²) in [5.41, 5.74) is -0.785. The normalized spacial score (nSPS) is 18.5. The van der Waals surface area contributed by atoms with Crippen molar-refractivity contribution in [3.05, 3.63) is 29.8 Å². The average Bonchev–Trinajstić information content (AvgIpc) is 2.93. The Hall–Kier alpha value is -1.76. The third-order valence-electron chi connectivity index (χ3n) is 3.66. The number of alkyl halides is 3. The van der Waals surface area contributed by atoms with E-state index < -0.39 is 11.7 Å². The first-order valence-corrected chi connectivity index (χ1v) is 7.16. The molecule has 0 saturated carbocycles. The van der Waals surface area contributed by atoms with Crippen LogP contribution in [0.2, 0.25) is 0 Å². The number of carbonyl (C=O) groups excluding carboxylic acids is 1. The number of amides is 1. The summed E-state index contributed by atoms with van der Waals surface area (Å²) < 4.78 is 43.1. The Kier molecular flexibility index (Phi) is 5.28. The Bertz CT molecular complexity index is 520. The fourth-order valence-corrected chi connectivity index (χ4v) is 2.60. The van der Waals surface area contributed by atoms with Gasteiger partial charge in [0.05, 0.1) is 5.56 Å². The summed E-state index contributed by atoms with van der Waals surface area (Å²) in [5.74, 6) is -0.150. The molecule has 1 heterocycles. The van der Waals surface area contributed by atoms with Crippen molar-refractivity contribution in [2.24, 2.45) is 0 Å². The molecule has 1 fully saturated rings. The third kappa shape index (κ3) is 4.13. The second-order valence-corrected chi connectivity index (χ2v) is 5.26. The van der Waals surface area contributed by atoms with Gasteiger partial charge in [-0.05, 0) is 38.1 Å². The summed E-state index contributed by atoms with van der Waals surface area (Å²) in [6.45, 7) is 1.12. The predicted octanol–water partition coefficient (Wildman–Crippen LogP) is 2.29. The van der Waals surface area contributed by atoms with Crippen molar-refractivity contribution in [2.75, 3.05) is 26.7 Å². The van der Waals surface area contributed by atoms with E-state index in [4.69, 9.17) is 4.74 Å². The Morgan fingerprint density at radius 2 is 2.23 bits per heavy atom. The standard InChI is InChI=1S/C15H19F3N2O2/c1-19-9-12-5-3-7-20(12)14(21)10-22-13-6-2-4-11(8-13)15(16,17)18/h2,4,6,8,12,19H,3,5,7,9-10H2,1H3/t12-/m0/s1. The van der Waals surface area contributed by atoms with Crippen LogP contribution in [0, 0.1) is 0 Å². The largest absolute Gasteiger partial charge is 0.484 e. The van der Waals surface area contributed by atoms with E-state index in [1.807, 2.05) is 7.05 Å². The number of ether oxygens (including phenoxy) is 1. The second kappa shape index (κ2) is 7.00. The van der Waals surface area contributed by atoms with Crippen LogP contribution < -0.4 is 10.1 Å². The van der Waals surface area contributed by atoms with Gasteiger partial charge in [0.1, 0.15) is 5.75 Å². The number of likely N-dealkylation sites (tertiary alicyclic amines) is 1. The zero-order valence-corrected chi connectivity index (χ0v) is 12.3. The van der Waals surface area contributed by atoms with Gasteiger partial charge in [0, 0.05) is 19.1 Å². The van der Waals surface area contributed by atoms with Crippen LogP contribution in [0.25, 0.3) is 0 Å². The van der Waals surface area contributed by atoms with E-state index in [-0.39, 0.29) is 24.3 Å². The third-order valence-corrected chi connectivity index (χ3v) is 3.66. The van der Waals surface area contributed by atoms with E-state index in [2.05, 4.69) is 5.32 Å². The number of hydrogen-bond donors (Lipinski definition) is 1. The highest BCUT2D eigenvalue weighted by Crippen LogP contribution is 2.31. The Morgan fingerprint density at radius 1 is 1.45 bits per heavy atom. The van der Waals surface area contributed by atoms with Gasteiger partial charge in [0.25, 0.3) is 5.91 Å². The van der Waals surface area contributed by atoms with Crippen LogP contribution in [-0.4, -0.2) is 43.6 Å². The van der Waals surface area contributed by atoms with Crippen molar-refractivity contribution < 1.29 is 22.7 Å². The Balaban J connectivity index is 1.94. The molecule has 1 amide bonds. The zero-order chi connectivity index (χ0) is 16.2. The van der Waals surface area contributed by atoms with Crippen LogP contribution in [0.4, 0.5) is 13.2 Å². The molecular weight excluding hydrogens is 297 g/mol. The van der Waals surface area contributed by atoms with E-state index in [1.54, 1.807) is 4.90 Å². The monoisotopic (exact) mass is 316 g/mol. The molecule has 22 heavy (non-hydrogen) atoms. The van der Waals surface area contributed by atoms with Crippen LogP contribution in [0.1, 0.15) is 18.4 Å². The lowest BCUT2D eigenvalue weighted by atomic mass is 10.2. The molecule has 7 heteroatoms. The minimum absolute atomic E-state index is 0.0486. The topological polar surface area (TPSA) is 41.6 Å². The molecule has 4 nitrogen and oxygen atoms in total. The van der Waals surface area contributed by atoms with Crippen molar-refractivity contribution in [3.63, 3.8) is 0 Å². The number of rotatable bonds is 5. The highest BCUT2D eigenvalue weighted by atomic mass is 19.4. The van der Waals surface area contributed by atoms with Crippen LogP contribution in [0.5, 0.6) is 5.75 Å². The molecule has 1 aliphatic heterocycles. The quantitative estimate of drug-likeness (QED) is 0.906. The summed E-state index contributed by atoms with van der Waals surface area (Å²) in [6, 6.07) is 4.68. The lowest BCUT2D eigenvalue weighted by molar-refractivity contribution is -0.137. The smallest absolute Gasteiger partial charge is 0.416 e. The number of carbonyl (C=O) groups is 1. The second-order valence-electron chi connectivity index (χ2n) is 5.26. The number of nitrogens with one attached hydrogen (secondary N) is 1. The summed E-state index contributed by atoms with van der Waals surface area (Å²) in [4.78, 5) is 13.9. The maximum Gasteiger partial charge on any atom is 0.416 e. The summed E-state index contributed by atoms with van der Waals surface area (Å²) >= 11 is 0. The molecule has 1 atom stereocenters. The van der Waals surface area contributed by atoms with Gasteiger partial charge < -0.3 is 15.0 Å². The Labute approximate surface area is 127 Å². The maximum atomic E-state index is 12.6. The van der Waals surface area contributed by atoms with Crippen LogP contribution >= 0.6 is 0 Å². The minimum atomic E-state index is -4.42. The highest BCUT2D eigenvalue weighted by molar-refractivity contribution is 5.78. The first kappa shape index (κ1) is 16.6. The lowest BCUT2D eigenvalue weighted by Gasteiger charge is -2.24. The van der Waals surface area contributed by atoms with E-state index >= 15 is 0 Å². The molecule has 0 aliphatic carbocycles. The zero-order valence-electron chi connectivity index (χ0n) is 12.3. The van der Waals surface area contributed by atoms with Crippen molar-refractivity contribution in [3.8, 4) is 5.75 Å². The van der Waals surface area contributed by atoms with Gasteiger partial charge in [0.2, 0.25) is 0 Å². The van der Waals surface area contributed by atoms with E-state index in [9.17, 15) is 18.0 Å². The lowest BCUT2D eigenvalue weighted by Crippen LogP contribution is -2.43. The molecule has 0 bridgehead atoms. The average molecular weight is 316 g/mol. The van der Waals surface area contributed by atoms with Crippen LogP contribution in [0.3, 0.4) is 0 Å². The fourth-order valence-electron chi connectivity index (χ4n) is 2.60. The molecule has 1 saturated heterocycles. The molecule has 122 valence electrons. The molecule has 0 spiro atoms. The molecule has 0 aromatic heterocycles. The van der Waals surface area contributed by atoms with Gasteiger partial charge in [-0.1, -0.05) is 6.07 Å². The molecule has 1 N–H and O–H groups in total. The van der Waals surface area contributed by atoms with Gasteiger partial charge in [-0.3, -0.25) is 4.79 Å². The number of benzene rings is 1. The molecule has 1 aromatic carbocycles. The molecule has 1 aliphatic rings. The van der Waals surface area contributed by atoms with Gasteiger partial charge in [-0.15, -0.1) is 0 Å². The first-order chi connectivity index (χ1) is 10.4. The minimum Gasteiger partial charge on any atom is -0.484 e. The molecule has 0 unspecified atom stereocenters. The summed E-state index contributed by atoms with van der Waals surface area (Å²) in [5, 5.41) is 3.03. The van der Waals surface area contributed by atoms with Crippen molar-refractivity contribution in [2.45, 2.75) is 25.1 Å². The summed E-state index contributed by atoms with van der Waals surface area (Å²) in [7, 11) is 1.82. The van der Waals surface area contributed by atoms with Crippen LogP contribution in [0.15, 0.2) is 24.3 Å². The van der Waals surface area contributed by atoms with Gasteiger partial charge in [0.15, 0.2) is 6.61 Å². The molecular formula is C15H19F3N2O2. The predicted molar refractivity (Wildman–Crippen MR) is 75.6 cm³/mol. The van der Waals surface area contributed by atoms with E-state index in [0.29, 0.717) is 13.1 Å². The van der Waals surface area contributed by atoms with E-state index in [0.717, 1.165) is 25.0 Å². The number of likely N-dealkylation sites (N-methyl/N-ethyl adjacent to an activating group) is 1. The fraction of sp³-hybridized carbons (Fsp3) is 0.533. The summed E-state index contributed by atoms with van der Waals surface area (Å²) in [6.07, 6.45) is -2.56. The number of halogens is 3. The first-order valence-electron chi connectivity index (χ1n) is 7.16. The maximum absolute atomic E-state index is 12.6. The van der Waals surface area contributed by atoms with Crippen molar-refractivity contribution in [1.29, 1.82) is 0 Å². The molecule has 0 radical (unpaired) electrons. The van der Waals surface area contributed by atoms with Crippen LogP contribution in [-0.2, 0) is 11.0 Å². The van der Waals surface area contributed by atoms with Gasteiger partial charge in [-0.25, -0.2) is 0 Å². The number of hydrogen-bond acceptors (Lipinski definition) is 3. The Morgan fingerprint density at radius 3 is 2.91 bits per heavy atom. The SMILES string of the molecule is CNC[C@@H]1CCCN1C(=O)COc1cccc(C(F)(F)F)c1. The van der Waals surface area contributed by atoms with Gasteiger partial charge >= 0.3 is 6.18 Å². The highest BCUT2D eigenvalue weighted by Gasteiger charge is 2.31. The van der Waals surface area contributed by atoms with E-state index in [1.165, 1.54) is 12.1 Å².